The van der Waals surface area contributed by atoms with Crippen molar-refractivity contribution >= 4 is 17.3 Å². The van der Waals surface area contributed by atoms with Crippen molar-refractivity contribution in [2.45, 2.75) is 20.3 Å². The molecule has 0 bridgehead atoms. The number of nitrogens with zero attached hydrogens (tertiary/aromatic N) is 1. The van der Waals surface area contributed by atoms with Crippen LogP contribution in [0.25, 0.3) is 0 Å². The molecule has 1 N–H and O–H groups in total. The van der Waals surface area contributed by atoms with Crippen molar-refractivity contribution in [2.24, 2.45) is 0 Å². The lowest BCUT2D eigenvalue weighted by atomic mass is 10.1. The maximum absolute atomic E-state index is 12.0. The van der Waals surface area contributed by atoms with E-state index in [0.29, 0.717) is 0 Å². The summed E-state index contributed by atoms with van der Waals surface area (Å²) in [4.78, 5) is 22.5. The number of para-hydroxylation sites is 1. The van der Waals surface area contributed by atoms with Crippen molar-refractivity contribution in [3.8, 4) is 5.75 Å². The molecule has 120 valence electrons. The van der Waals surface area contributed by atoms with Crippen molar-refractivity contribution in [3.05, 3.63) is 63.7 Å². The highest BCUT2D eigenvalue weighted by molar-refractivity contribution is 5.92. The van der Waals surface area contributed by atoms with Crippen LogP contribution in [0.1, 0.15) is 18.1 Å². The number of hydrogen-bond donors (Lipinski definition) is 1. The van der Waals surface area contributed by atoms with Gasteiger partial charge in [-0.15, -0.1) is 0 Å². The number of anilines is 1. The average molecular weight is 314 g/mol. The van der Waals surface area contributed by atoms with Crippen LogP contribution >= 0.6 is 0 Å². The van der Waals surface area contributed by atoms with Gasteiger partial charge < -0.3 is 10.1 Å². The van der Waals surface area contributed by atoms with Gasteiger partial charge in [0.05, 0.1) is 4.92 Å². The van der Waals surface area contributed by atoms with Crippen LogP contribution in [0, 0.1) is 17.0 Å². The minimum Gasteiger partial charge on any atom is -0.477 e. The van der Waals surface area contributed by atoms with Crippen molar-refractivity contribution < 1.29 is 14.5 Å². The van der Waals surface area contributed by atoms with Gasteiger partial charge >= 0.3 is 5.69 Å². The minimum absolute atomic E-state index is 0.0916. The molecule has 2 aromatic rings. The Labute approximate surface area is 134 Å². The second-order valence-corrected chi connectivity index (χ2v) is 5.08. The second kappa shape index (κ2) is 7.40. The number of carbonyl (C=O) groups excluding carboxylic acids is 1. The van der Waals surface area contributed by atoms with Crippen molar-refractivity contribution in [1.82, 2.24) is 0 Å². The van der Waals surface area contributed by atoms with E-state index < -0.39 is 4.92 Å². The number of carbonyl (C=O) groups is 1. The Kier molecular flexibility index (Phi) is 5.30. The predicted octanol–water partition coefficient (Wildman–Crippen LogP) is 3.48. The third-order valence-corrected chi connectivity index (χ3v) is 3.34. The molecule has 6 nitrogen and oxygen atoms in total. The Morgan fingerprint density at radius 2 is 2.00 bits per heavy atom. The molecule has 0 heterocycles. The highest BCUT2D eigenvalue weighted by Crippen LogP contribution is 2.27. The molecule has 2 rings (SSSR count). The smallest absolute Gasteiger partial charge is 0.310 e. The number of hydrogen-bond acceptors (Lipinski definition) is 4. The SMILES string of the molecule is CCc1ccccc1NC(=O)COc1cc(C)ccc1[N+](=O)[O-]. The van der Waals surface area contributed by atoms with E-state index in [0.717, 1.165) is 23.2 Å². The number of nitrogens with one attached hydrogen (secondary N) is 1. The Bertz CT molecular complexity index is 728. The zero-order chi connectivity index (χ0) is 16.8. The van der Waals surface area contributed by atoms with E-state index in [1.165, 1.54) is 6.07 Å². The summed E-state index contributed by atoms with van der Waals surface area (Å²) >= 11 is 0. The minimum atomic E-state index is -0.529. The Balaban J connectivity index is 2.05. The Morgan fingerprint density at radius 3 is 2.70 bits per heavy atom. The largest absolute Gasteiger partial charge is 0.477 e. The molecule has 23 heavy (non-hydrogen) atoms. The standard InChI is InChI=1S/C17H18N2O4/c1-3-13-6-4-5-7-14(13)18-17(20)11-23-16-10-12(2)8-9-15(16)19(21)22/h4-10H,3,11H2,1-2H3,(H,18,20). The lowest BCUT2D eigenvalue weighted by molar-refractivity contribution is -0.385. The van der Waals surface area contributed by atoms with E-state index in [-0.39, 0.29) is 24.0 Å². The van der Waals surface area contributed by atoms with Crippen LogP contribution < -0.4 is 10.1 Å². The van der Waals surface area contributed by atoms with Gasteiger partial charge in [-0.1, -0.05) is 31.2 Å². The maximum Gasteiger partial charge on any atom is 0.310 e. The Hall–Kier alpha value is -2.89. The van der Waals surface area contributed by atoms with E-state index >= 15 is 0 Å². The number of ether oxygens (including phenoxy) is 1. The number of rotatable bonds is 6. The number of benzene rings is 2. The van der Waals surface area contributed by atoms with Crippen LogP contribution in [0.15, 0.2) is 42.5 Å². The summed E-state index contributed by atoms with van der Waals surface area (Å²) in [6.45, 7) is 3.51. The molecule has 0 aliphatic carbocycles. The summed E-state index contributed by atoms with van der Waals surface area (Å²) < 4.78 is 5.33. The summed E-state index contributed by atoms with van der Waals surface area (Å²) in [6, 6.07) is 12.0. The summed E-state index contributed by atoms with van der Waals surface area (Å²) in [6.07, 6.45) is 0.792. The Morgan fingerprint density at radius 1 is 1.26 bits per heavy atom. The first-order chi connectivity index (χ1) is 11.0. The monoisotopic (exact) mass is 314 g/mol. The number of nitro groups is 1. The average Bonchev–Trinajstić information content (AvgIpc) is 2.53. The second-order valence-electron chi connectivity index (χ2n) is 5.08. The summed E-state index contributed by atoms with van der Waals surface area (Å²) in [7, 11) is 0. The fourth-order valence-corrected chi connectivity index (χ4v) is 2.17. The van der Waals surface area contributed by atoms with E-state index in [9.17, 15) is 14.9 Å². The highest BCUT2D eigenvalue weighted by atomic mass is 16.6. The first-order valence-corrected chi connectivity index (χ1v) is 7.27. The molecule has 2 aromatic carbocycles. The van der Waals surface area contributed by atoms with Crippen LogP contribution in [0.4, 0.5) is 11.4 Å². The van der Waals surface area contributed by atoms with Crippen LogP contribution in [-0.2, 0) is 11.2 Å². The van der Waals surface area contributed by atoms with Crippen LogP contribution in [0.3, 0.4) is 0 Å². The highest BCUT2D eigenvalue weighted by Gasteiger charge is 2.16. The van der Waals surface area contributed by atoms with Crippen molar-refractivity contribution in [2.75, 3.05) is 11.9 Å². The first kappa shape index (κ1) is 16.5. The molecule has 0 radical (unpaired) electrons. The molecule has 0 aromatic heterocycles. The van der Waals surface area contributed by atoms with E-state index in [4.69, 9.17) is 4.74 Å². The zero-order valence-corrected chi connectivity index (χ0v) is 13.0. The maximum atomic E-state index is 12.0. The van der Waals surface area contributed by atoms with Crippen LogP contribution in [-0.4, -0.2) is 17.4 Å². The lowest BCUT2D eigenvalue weighted by Crippen LogP contribution is -2.21. The number of aryl methyl sites for hydroxylation is 2. The topological polar surface area (TPSA) is 81.5 Å². The summed E-state index contributed by atoms with van der Waals surface area (Å²) in [5.41, 5.74) is 2.41. The van der Waals surface area contributed by atoms with Crippen molar-refractivity contribution in [3.63, 3.8) is 0 Å². The van der Waals surface area contributed by atoms with Gasteiger partial charge in [-0.3, -0.25) is 14.9 Å². The van der Waals surface area contributed by atoms with Gasteiger partial charge in [0.2, 0.25) is 0 Å². The molecule has 0 spiro atoms. The van der Waals surface area contributed by atoms with E-state index in [1.54, 1.807) is 19.1 Å². The zero-order valence-electron chi connectivity index (χ0n) is 13.0. The fraction of sp³-hybridized carbons (Fsp3) is 0.235. The third kappa shape index (κ3) is 4.29. The molecule has 0 fully saturated rings. The van der Waals surface area contributed by atoms with Gasteiger partial charge in [0.25, 0.3) is 5.91 Å². The molecule has 0 saturated heterocycles. The summed E-state index contributed by atoms with van der Waals surface area (Å²) in [5.74, 6) is -0.268. The third-order valence-electron chi connectivity index (χ3n) is 3.34. The lowest BCUT2D eigenvalue weighted by Gasteiger charge is -2.11. The van der Waals surface area contributed by atoms with Gasteiger partial charge in [0, 0.05) is 11.8 Å². The van der Waals surface area contributed by atoms with Gasteiger partial charge in [-0.2, -0.15) is 0 Å². The van der Waals surface area contributed by atoms with Gasteiger partial charge in [0.15, 0.2) is 12.4 Å². The summed E-state index contributed by atoms with van der Waals surface area (Å²) in [5, 5.41) is 13.7. The van der Waals surface area contributed by atoms with Crippen LogP contribution in [0.2, 0.25) is 0 Å². The molecule has 0 aliphatic rings. The predicted molar refractivity (Wildman–Crippen MR) is 87.8 cm³/mol. The quantitative estimate of drug-likeness (QED) is 0.653. The number of nitro benzene ring substituents is 1. The normalized spacial score (nSPS) is 10.2. The molecule has 1 amide bonds. The molecular weight excluding hydrogens is 296 g/mol. The number of amides is 1. The van der Waals surface area contributed by atoms with Crippen molar-refractivity contribution in [1.29, 1.82) is 0 Å². The van der Waals surface area contributed by atoms with Gasteiger partial charge in [-0.25, -0.2) is 0 Å². The van der Waals surface area contributed by atoms with E-state index in [1.807, 2.05) is 31.2 Å². The molecule has 0 saturated carbocycles. The fourth-order valence-electron chi connectivity index (χ4n) is 2.17. The first-order valence-electron chi connectivity index (χ1n) is 7.27. The van der Waals surface area contributed by atoms with E-state index in [2.05, 4.69) is 5.32 Å². The molecular formula is C17H18N2O4. The van der Waals surface area contributed by atoms with Crippen LogP contribution in [0.5, 0.6) is 5.75 Å². The molecule has 0 aliphatic heterocycles. The molecule has 0 unspecified atom stereocenters. The van der Waals surface area contributed by atoms with Gasteiger partial charge in [-0.05, 0) is 36.6 Å². The molecule has 6 heteroatoms. The van der Waals surface area contributed by atoms with Gasteiger partial charge in [0.1, 0.15) is 0 Å². The molecule has 0 atom stereocenters.